The fourth-order valence-corrected chi connectivity index (χ4v) is 2.33. The SMILES string of the molecule is N=C/C(I)=C\Nc1c(Cl)cc(C(F)(C(F)(F)F)C(F)(F)F)cc1Cl. The molecule has 0 aliphatic heterocycles. The maximum Gasteiger partial charge on any atom is 0.435 e. The second-order valence-corrected chi connectivity index (χ2v) is 6.35. The summed E-state index contributed by atoms with van der Waals surface area (Å²) >= 11 is 13.0. The van der Waals surface area contributed by atoms with Gasteiger partial charge in [-0.2, -0.15) is 26.3 Å². The Balaban J connectivity index is 3.50. The highest BCUT2D eigenvalue weighted by molar-refractivity contribution is 14.1. The van der Waals surface area contributed by atoms with E-state index in [-0.39, 0.29) is 17.8 Å². The highest BCUT2D eigenvalue weighted by Gasteiger charge is 2.73. The fourth-order valence-electron chi connectivity index (χ4n) is 1.58. The summed E-state index contributed by atoms with van der Waals surface area (Å²) in [5.41, 5.74) is -7.64. The first kappa shape index (κ1) is 21.3. The third-order valence-corrected chi connectivity index (χ3v) is 3.93. The van der Waals surface area contributed by atoms with Gasteiger partial charge in [0.05, 0.1) is 15.7 Å². The van der Waals surface area contributed by atoms with Crippen LogP contribution in [0, 0.1) is 5.41 Å². The number of halogens is 10. The molecule has 0 amide bonds. The molecule has 0 aromatic heterocycles. The predicted octanol–water partition coefficient (Wildman–Crippen LogP) is 6.62. The number of alkyl halides is 7. The molecule has 2 nitrogen and oxygen atoms in total. The third kappa shape index (κ3) is 4.07. The maximum absolute atomic E-state index is 14.0. The van der Waals surface area contributed by atoms with Crippen LogP contribution < -0.4 is 5.32 Å². The highest BCUT2D eigenvalue weighted by atomic mass is 127. The number of anilines is 1. The van der Waals surface area contributed by atoms with Crippen LogP contribution in [0.5, 0.6) is 0 Å². The van der Waals surface area contributed by atoms with Crippen LogP contribution >= 0.6 is 45.8 Å². The van der Waals surface area contributed by atoms with E-state index in [1.807, 2.05) is 0 Å². The topological polar surface area (TPSA) is 35.9 Å². The van der Waals surface area contributed by atoms with Crippen molar-refractivity contribution in [3.05, 3.63) is 37.5 Å². The van der Waals surface area contributed by atoms with Gasteiger partial charge in [0.15, 0.2) is 0 Å². The van der Waals surface area contributed by atoms with Gasteiger partial charge in [0.1, 0.15) is 0 Å². The first-order chi connectivity index (χ1) is 10.8. The standard InChI is InChI=1S/C12H6Cl2F7IN2/c13-7-1-5(10(15,11(16,17)18)12(19,20)21)2-8(14)9(7)24-4-6(22)3-23/h1-4,23-24H/b6-4+,23-3?. The van der Waals surface area contributed by atoms with Crippen LogP contribution in [0.15, 0.2) is 21.9 Å². The third-order valence-electron chi connectivity index (χ3n) is 2.71. The lowest BCUT2D eigenvalue weighted by Crippen LogP contribution is -2.50. The van der Waals surface area contributed by atoms with E-state index in [2.05, 4.69) is 5.32 Å². The van der Waals surface area contributed by atoms with Gasteiger partial charge < -0.3 is 10.7 Å². The molecule has 0 heterocycles. The zero-order valence-electron chi connectivity index (χ0n) is 11.1. The summed E-state index contributed by atoms with van der Waals surface area (Å²) in [5, 5.41) is 8.04. The lowest BCUT2D eigenvalue weighted by Gasteiger charge is -2.30. The Hall–Kier alpha value is -0.750. The van der Waals surface area contributed by atoms with E-state index in [0.717, 1.165) is 6.21 Å². The molecule has 12 heteroatoms. The molecule has 0 aliphatic rings. The largest absolute Gasteiger partial charge is 0.435 e. The van der Waals surface area contributed by atoms with Gasteiger partial charge >= 0.3 is 18.0 Å². The van der Waals surface area contributed by atoms with Crippen molar-refractivity contribution in [3.8, 4) is 0 Å². The molecule has 0 fully saturated rings. The van der Waals surface area contributed by atoms with Crippen molar-refractivity contribution >= 4 is 57.7 Å². The van der Waals surface area contributed by atoms with Crippen LogP contribution in [-0.2, 0) is 5.67 Å². The summed E-state index contributed by atoms with van der Waals surface area (Å²) in [6, 6.07) is 0.393. The molecule has 24 heavy (non-hydrogen) atoms. The Morgan fingerprint density at radius 1 is 1.00 bits per heavy atom. The Morgan fingerprint density at radius 2 is 1.42 bits per heavy atom. The highest BCUT2D eigenvalue weighted by Crippen LogP contribution is 2.54. The molecule has 0 unspecified atom stereocenters. The summed E-state index contributed by atoms with van der Waals surface area (Å²) < 4.78 is 90.6. The Labute approximate surface area is 154 Å². The second-order valence-electron chi connectivity index (χ2n) is 4.29. The molecule has 2 N–H and O–H groups in total. The Kier molecular flexibility index (Phi) is 6.42. The molecule has 0 spiro atoms. The summed E-state index contributed by atoms with van der Waals surface area (Å²) in [6.07, 6.45) is -10.4. The molecule has 1 aromatic rings. The fraction of sp³-hybridized carbons (Fsp3) is 0.250. The molecule has 0 saturated heterocycles. The van der Waals surface area contributed by atoms with Crippen LogP contribution in [0.3, 0.4) is 0 Å². The van der Waals surface area contributed by atoms with Crippen molar-refractivity contribution < 1.29 is 30.7 Å². The van der Waals surface area contributed by atoms with Crippen LogP contribution in [0.2, 0.25) is 10.0 Å². The summed E-state index contributed by atoms with van der Waals surface area (Å²) in [5.74, 6) is 0. The maximum atomic E-state index is 14.0. The minimum absolute atomic E-state index is 0.196. The number of rotatable bonds is 4. The molecule has 0 aliphatic carbocycles. The van der Waals surface area contributed by atoms with E-state index in [4.69, 9.17) is 28.6 Å². The Morgan fingerprint density at radius 3 is 1.75 bits per heavy atom. The summed E-state index contributed by atoms with van der Waals surface area (Å²) in [6.45, 7) is 0. The zero-order valence-corrected chi connectivity index (χ0v) is 14.8. The van der Waals surface area contributed by atoms with Crippen LogP contribution in [0.1, 0.15) is 5.56 Å². The van der Waals surface area contributed by atoms with Crippen molar-refractivity contribution in [1.29, 1.82) is 5.41 Å². The molecule has 0 atom stereocenters. The lowest BCUT2D eigenvalue weighted by atomic mass is 9.94. The Bertz CT molecular complexity index is 633. The minimum atomic E-state index is -6.26. The van der Waals surface area contributed by atoms with E-state index in [9.17, 15) is 30.7 Å². The van der Waals surface area contributed by atoms with Crippen molar-refractivity contribution in [1.82, 2.24) is 0 Å². The van der Waals surface area contributed by atoms with E-state index < -0.39 is 33.6 Å². The number of hydrogen-bond donors (Lipinski definition) is 2. The van der Waals surface area contributed by atoms with E-state index in [1.54, 1.807) is 22.6 Å². The second kappa shape index (κ2) is 7.24. The predicted molar refractivity (Wildman–Crippen MR) is 85.9 cm³/mol. The van der Waals surface area contributed by atoms with E-state index in [0.29, 0.717) is 3.58 Å². The van der Waals surface area contributed by atoms with Crippen molar-refractivity contribution in [2.45, 2.75) is 18.0 Å². The number of hydrogen-bond acceptors (Lipinski definition) is 2. The molecule has 0 radical (unpaired) electrons. The zero-order chi connectivity index (χ0) is 18.9. The van der Waals surface area contributed by atoms with Gasteiger partial charge in [0, 0.05) is 21.6 Å². The van der Waals surface area contributed by atoms with Gasteiger partial charge in [-0.1, -0.05) is 23.2 Å². The van der Waals surface area contributed by atoms with Gasteiger partial charge in [-0.15, -0.1) is 0 Å². The van der Waals surface area contributed by atoms with Gasteiger partial charge in [0.25, 0.3) is 0 Å². The molecule has 1 aromatic carbocycles. The van der Waals surface area contributed by atoms with Gasteiger partial charge in [0.2, 0.25) is 0 Å². The number of allylic oxidation sites excluding steroid dienone is 1. The van der Waals surface area contributed by atoms with Crippen LogP contribution in [0.4, 0.5) is 36.4 Å². The molecule has 134 valence electrons. The average Bonchev–Trinajstić information content (AvgIpc) is 2.42. The van der Waals surface area contributed by atoms with Crippen LogP contribution in [-0.4, -0.2) is 18.6 Å². The molecule has 0 bridgehead atoms. The van der Waals surface area contributed by atoms with Gasteiger partial charge in [-0.05, 0) is 34.7 Å². The smallest absolute Gasteiger partial charge is 0.358 e. The molecule has 1 rings (SSSR count). The van der Waals surface area contributed by atoms with E-state index >= 15 is 0 Å². The normalized spacial score (nSPS) is 13.8. The minimum Gasteiger partial charge on any atom is -0.358 e. The molecular formula is C12H6Cl2F7IN2. The first-order valence-electron chi connectivity index (χ1n) is 5.70. The monoisotopic (exact) mass is 508 g/mol. The summed E-state index contributed by atoms with van der Waals surface area (Å²) in [7, 11) is 0. The average molecular weight is 509 g/mol. The van der Waals surface area contributed by atoms with Gasteiger partial charge in [-0.25, -0.2) is 4.39 Å². The van der Waals surface area contributed by atoms with E-state index in [1.165, 1.54) is 6.20 Å². The van der Waals surface area contributed by atoms with Crippen molar-refractivity contribution in [2.24, 2.45) is 0 Å². The summed E-state index contributed by atoms with van der Waals surface area (Å²) in [4.78, 5) is 0. The quantitative estimate of drug-likeness (QED) is 0.267. The van der Waals surface area contributed by atoms with Crippen LogP contribution in [0.25, 0.3) is 0 Å². The number of benzene rings is 1. The van der Waals surface area contributed by atoms with Crippen molar-refractivity contribution in [2.75, 3.05) is 5.32 Å². The number of nitrogens with one attached hydrogen (secondary N) is 2. The molecular weight excluding hydrogens is 503 g/mol. The molecule has 0 saturated carbocycles. The lowest BCUT2D eigenvalue weighted by molar-refractivity contribution is -0.348. The first-order valence-corrected chi connectivity index (χ1v) is 7.53. The van der Waals surface area contributed by atoms with Gasteiger partial charge in [-0.3, -0.25) is 0 Å². The van der Waals surface area contributed by atoms with Crippen molar-refractivity contribution in [3.63, 3.8) is 0 Å².